The zero-order valence-corrected chi connectivity index (χ0v) is 9.61. The molecule has 1 rings (SSSR count). The Kier molecular flexibility index (Phi) is 4.73. The third kappa shape index (κ3) is 4.18. The van der Waals surface area contributed by atoms with E-state index in [9.17, 15) is 9.59 Å². The van der Waals surface area contributed by atoms with Crippen LogP contribution < -0.4 is 11.1 Å². The number of nitrogens with two attached hydrogens (primary N) is 1. The number of aliphatic carboxylic acids is 1. The number of nitrogens with one attached hydrogen (secondary N) is 1. The quantitative estimate of drug-likeness (QED) is 0.638. The summed E-state index contributed by atoms with van der Waals surface area (Å²) in [7, 11) is 0. The first-order chi connectivity index (χ1) is 7.49. The van der Waals surface area contributed by atoms with E-state index in [1.54, 1.807) is 0 Å². The molecule has 1 amide bonds. The average Bonchev–Trinajstić information content (AvgIpc) is 2.16. The van der Waals surface area contributed by atoms with Gasteiger partial charge >= 0.3 is 5.97 Å². The first kappa shape index (κ1) is 13.0. The maximum Gasteiger partial charge on any atom is 0.306 e. The Morgan fingerprint density at radius 1 is 1.50 bits per heavy atom. The summed E-state index contributed by atoms with van der Waals surface area (Å²) in [4.78, 5) is 21.6. The third-order valence-electron chi connectivity index (χ3n) is 3.05. The van der Waals surface area contributed by atoms with Crippen LogP contribution in [0, 0.1) is 5.92 Å². The topological polar surface area (TPSA) is 92.4 Å². The second kappa shape index (κ2) is 5.84. The lowest BCUT2D eigenvalue weighted by atomic mass is 9.85. The minimum absolute atomic E-state index is 0.0232. The number of carbonyl (C=O) groups excluding carboxylic acids is 1. The number of hydrogen-bond acceptors (Lipinski definition) is 3. The Bertz CT molecular complexity index is 268. The zero-order valence-electron chi connectivity index (χ0n) is 9.61. The summed E-state index contributed by atoms with van der Waals surface area (Å²) in [6.07, 6.45) is 3.62. The molecule has 1 aliphatic carbocycles. The molecule has 1 aliphatic rings. The molecule has 0 aromatic rings. The van der Waals surface area contributed by atoms with E-state index >= 15 is 0 Å². The molecule has 1 saturated carbocycles. The molecule has 0 heterocycles. The highest BCUT2D eigenvalue weighted by Gasteiger charge is 2.27. The lowest BCUT2D eigenvalue weighted by molar-refractivity contribution is -0.143. The van der Waals surface area contributed by atoms with Crippen molar-refractivity contribution in [2.75, 3.05) is 0 Å². The Labute approximate surface area is 95.4 Å². The van der Waals surface area contributed by atoms with E-state index in [1.807, 2.05) is 6.92 Å². The summed E-state index contributed by atoms with van der Waals surface area (Å²) < 4.78 is 0. The minimum Gasteiger partial charge on any atom is -0.481 e. The maximum atomic E-state index is 10.9. The molecule has 1 fully saturated rings. The van der Waals surface area contributed by atoms with Crippen LogP contribution in [0.5, 0.6) is 0 Å². The number of primary amides is 1. The standard InChI is InChI=1S/C11H20N2O3/c1-7(5-10(12)14)13-9-4-2-3-8(6-9)11(15)16/h7-9,13H,2-6H2,1H3,(H2,12,14)(H,15,16). The Balaban J connectivity index is 2.36. The molecule has 0 aromatic heterocycles. The lowest BCUT2D eigenvalue weighted by Gasteiger charge is -2.29. The van der Waals surface area contributed by atoms with Crippen LogP contribution in [0.25, 0.3) is 0 Å². The van der Waals surface area contributed by atoms with E-state index in [0.29, 0.717) is 12.8 Å². The number of carbonyl (C=O) groups is 2. The molecular formula is C11H20N2O3. The van der Waals surface area contributed by atoms with Gasteiger partial charge in [0.05, 0.1) is 5.92 Å². The van der Waals surface area contributed by atoms with E-state index in [4.69, 9.17) is 10.8 Å². The minimum atomic E-state index is -0.714. The Morgan fingerprint density at radius 2 is 2.19 bits per heavy atom. The average molecular weight is 228 g/mol. The van der Waals surface area contributed by atoms with Crippen LogP contribution >= 0.6 is 0 Å². The molecule has 0 bridgehead atoms. The van der Waals surface area contributed by atoms with E-state index in [1.165, 1.54) is 0 Å². The smallest absolute Gasteiger partial charge is 0.306 e. The van der Waals surface area contributed by atoms with E-state index < -0.39 is 5.97 Å². The SMILES string of the molecule is CC(CC(N)=O)NC1CCCC(C(=O)O)C1. The molecule has 3 atom stereocenters. The second-order valence-electron chi connectivity index (χ2n) is 4.64. The molecule has 0 aliphatic heterocycles. The number of carboxylic acid groups (broad SMARTS) is 1. The van der Waals surface area contributed by atoms with Gasteiger partial charge in [0.1, 0.15) is 0 Å². The highest BCUT2D eigenvalue weighted by atomic mass is 16.4. The highest BCUT2D eigenvalue weighted by Crippen LogP contribution is 2.24. The summed E-state index contributed by atoms with van der Waals surface area (Å²) in [5.41, 5.74) is 5.10. The van der Waals surface area contributed by atoms with Gasteiger partial charge in [-0.2, -0.15) is 0 Å². The zero-order chi connectivity index (χ0) is 12.1. The fourth-order valence-electron chi connectivity index (χ4n) is 2.33. The number of amides is 1. The summed E-state index contributed by atoms with van der Waals surface area (Å²) in [6.45, 7) is 1.90. The first-order valence-electron chi connectivity index (χ1n) is 5.76. The predicted molar refractivity (Wildman–Crippen MR) is 59.8 cm³/mol. The van der Waals surface area contributed by atoms with Gasteiger partial charge in [-0.05, 0) is 26.2 Å². The van der Waals surface area contributed by atoms with Crippen LogP contribution in [0.2, 0.25) is 0 Å². The monoisotopic (exact) mass is 228 g/mol. The molecule has 4 N–H and O–H groups in total. The summed E-state index contributed by atoms with van der Waals surface area (Å²) in [5.74, 6) is -1.29. The van der Waals surface area contributed by atoms with Gasteiger partial charge in [-0.15, -0.1) is 0 Å². The van der Waals surface area contributed by atoms with Gasteiger partial charge in [0.15, 0.2) is 0 Å². The van der Waals surface area contributed by atoms with E-state index in [0.717, 1.165) is 19.3 Å². The number of carboxylic acids is 1. The van der Waals surface area contributed by atoms with Crippen molar-refractivity contribution in [3.05, 3.63) is 0 Å². The molecule has 16 heavy (non-hydrogen) atoms. The Hall–Kier alpha value is -1.10. The fourth-order valence-corrected chi connectivity index (χ4v) is 2.33. The van der Waals surface area contributed by atoms with Crippen LogP contribution in [-0.2, 0) is 9.59 Å². The van der Waals surface area contributed by atoms with E-state index in [-0.39, 0.29) is 23.9 Å². The van der Waals surface area contributed by atoms with Crippen molar-refractivity contribution < 1.29 is 14.7 Å². The lowest BCUT2D eigenvalue weighted by Crippen LogP contribution is -2.42. The van der Waals surface area contributed by atoms with Crippen molar-refractivity contribution in [3.8, 4) is 0 Å². The highest BCUT2D eigenvalue weighted by molar-refractivity contribution is 5.74. The van der Waals surface area contributed by atoms with Crippen LogP contribution in [0.15, 0.2) is 0 Å². The van der Waals surface area contributed by atoms with Crippen molar-refractivity contribution >= 4 is 11.9 Å². The number of hydrogen-bond donors (Lipinski definition) is 3. The molecule has 92 valence electrons. The molecule has 5 heteroatoms. The predicted octanol–water partition coefficient (Wildman–Crippen LogP) is 0.483. The normalized spacial score (nSPS) is 27.3. The van der Waals surface area contributed by atoms with Gasteiger partial charge < -0.3 is 16.2 Å². The largest absolute Gasteiger partial charge is 0.481 e. The van der Waals surface area contributed by atoms with Gasteiger partial charge in [-0.3, -0.25) is 9.59 Å². The second-order valence-corrected chi connectivity index (χ2v) is 4.64. The fraction of sp³-hybridized carbons (Fsp3) is 0.818. The summed E-state index contributed by atoms with van der Waals surface area (Å²) >= 11 is 0. The van der Waals surface area contributed by atoms with Gasteiger partial charge in [-0.1, -0.05) is 6.42 Å². The summed E-state index contributed by atoms with van der Waals surface area (Å²) in [5, 5.41) is 12.2. The molecule has 0 spiro atoms. The van der Waals surface area contributed by atoms with Crippen molar-refractivity contribution in [2.24, 2.45) is 11.7 Å². The summed E-state index contributed by atoms with van der Waals surface area (Å²) in [6, 6.07) is 0.222. The first-order valence-corrected chi connectivity index (χ1v) is 5.76. The number of rotatable bonds is 5. The molecule has 3 unspecified atom stereocenters. The maximum absolute atomic E-state index is 10.9. The van der Waals surface area contributed by atoms with Crippen LogP contribution in [0.1, 0.15) is 39.0 Å². The van der Waals surface area contributed by atoms with Crippen molar-refractivity contribution in [1.29, 1.82) is 0 Å². The van der Waals surface area contributed by atoms with Crippen LogP contribution in [-0.4, -0.2) is 29.1 Å². The van der Waals surface area contributed by atoms with Crippen LogP contribution in [0.3, 0.4) is 0 Å². The van der Waals surface area contributed by atoms with Gasteiger partial charge in [0.25, 0.3) is 0 Å². The molecule has 0 aromatic carbocycles. The Morgan fingerprint density at radius 3 is 2.75 bits per heavy atom. The van der Waals surface area contributed by atoms with Crippen LogP contribution in [0.4, 0.5) is 0 Å². The van der Waals surface area contributed by atoms with Crippen molar-refractivity contribution in [2.45, 2.75) is 51.1 Å². The van der Waals surface area contributed by atoms with Gasteiger partial charge in [0.2, 0.25) is 5.91 Å². The van der Waals surface area contributed by atoms with Gasteiger partial charge in [-0.25, -0.2) is 0 Å². The van der Waals surface area contributed by atoms with Gasteiger partial charge in [0, 0.05) is 18.5 Å². The molecule has 0 saturated heterocycles. The van der Waals surface area contributed by atoms with E-state index in [2.05, 4.69) is 5.32 Å². The molecular weight excluding hydrogens is 208 g/mol. The molecule has 0 radical (unpaired) electrons. The van der Waals surface area contributed by atoms with Crippen molar-refractivity contribution in [3.63, 3.8) is 0 Å². The van der Waals surface area contributed by atoms with Crippen molar-refractivity contribution in [1.82, 2.24) is 5.32 Å². The third-order valence-corrected chi connectivity index (χ3v) is 3.05. The molecule has 5 nitrogen and oxygen atoms in total.